The number of benzene rings is 2. The monoisotopic (exact) mass is 422 g/mol. The van der Waals surface area contributed by atoms with Gasteiger partial charge in [0.05, 0.1) is 19.6 Å². The standard InChI is InChI=1S/C12H10O8S3.2Na/c13-21(14,9-5-1-3-7-11(9)22(15,16)17)10-6-2-4-8-12(10)23(18,19)20;;/h1-8H,(H,15,16,17)(H,18,19,20);;/q;2*+1/p-2. The largest absolute Gasteiger partial charge is 1.00 e. The summed E-state index contributed by atoms with van der Waals surface area (Å²) in [5.74, 6) is 0. The van der Waals surface area contributed by atoms with Crippen LogP contribution in [0.15, 0.2) is 68.1 Å². The van der Waals surface area contributed by atoms with E-state index in [0.717, 1.165) is 48.5 Å². The van der Waals surface area contributed by atoms with E-state index < -0.39 is 49.7 Å². The van der Waals surface area contributed by atoms with Crippen molar-refractivity contribution in [2.24, 2.45) is 0 Å². The Hall–Kier alpha value is 0.210. The summed E-state index contributed by atoms with van der Waals surface area (Å²) in [6, 6.07) is 7.85. The molecule has 0 saturated heterocycles. The number of hydrogen-bond donors (Lipinski definition) is 0. The Kier molecular flexibility index (Phi) is 9.01. The third kappa shape index (κ3) is 5.59. The van der Waals surface area contributed by atoms with Crippen molar-refractivity contribution in [2.45, 2.75) is 19.6 Å². The molecule has 2 aromatic rings. The average Bonchev–Trinajstić information content (AvgIpc) is 2.45. The molecule has 0 bridgehead atoms. The zero-order chi connectivity index (χ0) is 17.5. The first-order chi connectivity index (χ1) is 10.5. The van der Waals surface area contributed by atoms with Crippen molar-refractivity contribution in [2.75, 3.05) is 0 Å². The predicted molar refractivity (Wildman–Crippen MR) is 74.3 cm³/mol. The molecule has 0 amide bonds. The molecule has 8 nitrogen and oxygen atoms in total. The summed E-state index contributed by atoms with van der Waals surface area (Å²) in [6.07, 6.45) is 0. The van der Waals surface area contributed by atoms with Crippen molar-refractivity contribution in [3.8, 4) is 0 Å². The molecule has 0 heterocycles. The van der Waals surface area contributed by atoms with E-state index >= 15 is 0 Å². The fraction of sp³-hybridized carbons (Fsp3) is 0. The maximum Gasteiger partial charge on any atom is 1.00 e. The molecule has 124 valence electrons. The summed E-state index contributed by atoms with van der Waals surface area (Å²) >= 11 is 0. The van der Waals surface area contributed by atoms with Crippen LogP contribution >= 0.6 is 0 Å². The normalized spacial score (nSPS) is 11.9. The molecule has 25 heavy (non-hydrogen) atoms. The predicted octanol–water partition coefficient (Wildman–Crippen LogP) is -5.66. The summed E-state index contributed by atoms with van der Waals surface area (Å²) in [6.45, 7) is 0. The number of rotatable bonds is 4. The van der Waals surface area contributed by atoms with E-state index in [4.69, 9.17) is 0 Å². The van der Waals surface area contributed by atoms with Gasteiger partial charge in [0.1, 0.15) is 20.2 Å². The van der Waals surface area contributed by atoms with Crippen LogP contribution in [-0.4, -0.2) is 34.4 Å². The van der Waals surface area contributed by atoms with Crippen molar-refractivity contribution in [1.82, 2.24) is 0 Å². The van der Waals surface area contributed by atoms with Gasteiger partial charge in [-0.3, -0.25) is 0 Å². The Bertz CT molecular complexity index is 995. The van der Waals surface area contributed by atoms with Crippen LogP contribution in [0.25, 0.3) is 0 Å². The summed E-state index contributed by atoms with van der Waals surface area (Å²) in [7, 11) is -15.0. The summed E-state index contributed by atoms with van der Waals surface area (Å²) in [5, 5.41) is 0. The Labute approximate surface area is 189 Å². The molecule has 0 unspecified atom stereocenters. The second-order valence-corrected chi connectivity index (χ2v) is 8.89. The Morgan fingerprint density at radius 2 is 0.760 bits per heavy atom. The van der Waals surface area contributed by atoms with E-state index in [0.29, 0.717) is 0 Å². The Balaban J connectivity index is 0.00000288. The van der Waals surface area contributed by atoms with Crippen LogP contribution in [0, 0.1) is 0 Å². The van der Waals surface area contributed by atoms with Crippen molar-refractivity contribution in [3.05, 3.63) is 48.5 Å². The number of sulfone groups is 1. The van der Waals surface area contributed by atoms with Gasteiger partial charge >= 0.3 is 59.1 Å². The zero-order valence-corrected chi connectivity index (χ0v) is 19.6. The topological polar surface area (TPSA) is 149 Å². The minimum atomic E-state index is -5.13. The molecule has 2 aromatic carbocycles. The number of hydrogen-bond acceptors (Lipinski definition) is 8. The molecule has 0 radical (unpaired) electrons. The van der Waals surface area contributed by atoms with E-state index in [-0.39, 0.29) is 59.1 Å². The van der Waals surface area contributed by atoms with Gasteiger partial charge in [-0.2, -0.15) is 0 Å². The second-order valence-electron chi connectivity index (χ2n) is 4.31. The van der Waals surface area contributed by atoms with E-state index in [9.17, 15) is 34.4 Å². The fourth-order valence-electron chi connectivity index (χ4n) is 1.88. The first-order valence-corrected chi connectivity index (χ1v) is 10.1. The maximum absolute atomic E-state index is 12.6. The maximum atomic E-state index is 12.6. The molecule has 0 aliphatic carbocycles. The van der Waals surface area contributed by atoms with Crippen LogP contribution in [0.4, 0.5) is 0 Å². The van der Waals surface area contributed by atoms with Gasteiger partial charge in [0, 0.05) is 0 Å². The zero-order valence-electron chi connectivity index (χ0n) is 13.1. The smallest absolute Gasteiger partial charge is 0.744 e. The van der Waals surface area contributed by atoms with E-state index in [1.165, 1.54) is 0 Å². The first kappa shape index (κ1) is 25.2. The third-order valence-electron chi connectivity index (χ3n) is 2.82. The molecule has 0 atom stereocenters. The van der Waals surface area contributed by atoms with E-state index in [2.05, 4.69) is 0 Å². The first-order valence-electron chi connectivity index (χ1n) is 5.80. The summed E-state index contributed by atoms with van der Waals surface area (Å²) < 4.78 is 92.4. The van der Waals surface area contributed by atoms with Crippen LogP contribution in [-0.2, 0) is 30.1 Å². The molecule has 0 fully saturated rings. The van der Waals surface area contributed by atoms with Crippen molar-refractivity contribution in [1.29, 1.82) is 0 Å². The third-order valence-corrected chi connectivity index (χ3v) is 6.73. The van der Waals surface area contributed by atoms with Crippen molar-refractivity contribution < 1.29 is 93.5 Å². The molecule has 0 aliphatic heterocycles. The summed E-state index contributed by atoms with van der Waals surface area (Å²) in [5.41, 5.74) is 0. The van der Waals surface area contributed by atoms with Gasteiger partial charge in [-0.15, -0.1) is 0 Å². The van der Waals surface area contributed by atoms with E-state index in [1.54, 1.807) is 0 Å². The molecule has 0 N–H and O–H groups in total. The minimum Gasteiger partial charge on any atom is -0.744 e. The van der Waals surface area contributed by atoms with Crippen molar-refractivity contribution in [3.63, 3.8) is 0 Å². The fourth-order valence-corrected chi connectivity index (χ4v) is 5.68. The van der Waals surface area contributed by atoms with Gasteiger partial charge in [0.25, 0.3) is 0 Å². The molecule has 0 aliphatic rings. The van der Waals surface area contributed by atoms with Gasteiger partial charge in [-0.25, -0.2) is 25.3 Å². The Morgan fingerprint density at radius 1 is 0.520 bits per heavy atom. The summed E-state index contributed by atoms with van der Waals surface area (Å²) in [4.78, 5) is -3.85. The Morgan fingerprint density at radius 3 is 1.00 bits per heavy atom. The van der Waals surface area contributed by atoms with Gasteiger partial charge < -0.3 is 9.11 Å². The van der Waals surface area contributed by atoms with Crippen molar-refractivity contribution >= 4 is 30.1 Å². The molecule has 0 saturated carbocycles. The molecule has 13 heteroatoms. The van der Waals surface area contributed by atoms with Gasteiger partial charge in [-0.05, 0) is 24.3 Å². The van der Waals surface area contributed by atoms with Gasteiger partial charge in [0.2, 0.25) is 9.84 Å². The van der Waals surface area contributed by atoms with Crippen LogP contribution < -0.4 is 59.1 Å². The van der Waals surface area contributed by atoms with Gasteiger partial charge in [-0.1, -0.05) is 24.3 Å². The molecule has 2 rings (SSSR count). The quantitative estimate of drug-likeness (QED) is 0.350. The average molecular weight is 422 g/mol. The second kappa shape index (κ2) is 8.93. The van der Waals surface area contributed by atoms with Crippen LogP contribution in [0.2, 0.25) is 0 Å². The van der Waals surface area contributed by atoms with Crippen LogP contribution in [0.1, 0.15) is 0 Å². The molecular weight excluding hydrogens is 414 g/mol. The molecule has 0 aromatic heterocycles. The minimum absolute atomic E-state index is 0. The molecular formula is C12H8Na2O8S3. The van der Waals surface area contributed by atoms with Gasteiger partial charge in [0.15, 0.2) is 0 Å². The van der Waals surface area contributed by atoms with E-state index in [1.807, 2.05) is 0 Å². The van der Waals surface area contributed by atoms with Crippen LogP contribution in [0.5, 0.6) is 0 Å². The molecule has 0 spiro atoms. The SMILES string of the molecule is O=S(=O)([O-])c1ccccc1S(=O)(=O)c1ccccc1S(=O)(=O)[O-].[Na+].[Na+]. The van der Waals surface area contributed by atoms with Crippen LogP contribution in [0.3, 0.4) is 0 Å².